The van der Waals surface area contributed by atoms with Crippen molar-refractivity contribution in [3.8, 4) is 0 Å². The summed E-state index contributed by atoms with van der Waals surface area (Å²) >= 11 is 0.935. The zero-order chi connectivity index (χ0) is 21.2. The first kappa shape index (κ1) is 21.0. The number of oxime groups is 1. The minimum atomic E-state index is -5.07. The Morgan fingerprint density at radius 3 is 2.50 bits per heavy atom. The number of β-lactam (4-membered cyclic amide) rings is 1. The van der Waals surface area contributed by atoms with Crippen molar-refractivity contribution in [2.45, 2.75) is 12.1 Å². The highest BCUT2D eigenvalue weighted by molar-refractivity contribution is 7.84. The van der Waals surface area contributed by atoms with Crippen molar-refractivity contribution in [2.75, 3.05) is 12.3 Å². The van der Waals surface area contributed by atoms with E-state index in [2.05, 4.69) is 15.0 Å². The van der Waals surface area contributed by atoms with Crippen molar-refractivity contribution < 1.29 is 37.0 Å². The fourth-order valence-corrected chi connectivity index (χ4v) is 3.51. The van der Waals surface area contributed by atoms with Crippen LogP contribution in [0.4, 0.5) is 5.13 Å². The number of carbonyl (C=O) groups excluding carboxylic acids is 4. The number of amides is 4. The normalized spacial score (nSPS) is 19.7. The molecule has 2 heterocycles. The molecular weight excluding hydrogens is 422 g/mol. The predicted octanol–water partition coefficient (Wildman–Crippen LogP) is -4.08. The topological polar surface area (TPSA) is 250 Å². The molecule has 1 aromatic heterocycles. The van der Waals surface area contributed by atoms with Crippen LogP contribution in [0.3, 0.4) is 0 Å². The summed E-state index contributed by atoms with van der Waals surface area (Å²) in [4.78, 5) is 54.9. The van der Waals surface area contributed by atoms with Gasteiger partial charge in [-0.25, -0.2) is 4.98 Å². The number of hydrogen-bond acceptors (Lipinski definition) is 11. The summed E-state index contributed by atoms with van der Waals surface area (Å²) in [5.74, 6) is -4.64. The van der Waals surface area contributed by atoms with Crippen molar-refractivity contribution >= 4 is 56.1 Å². The molecule has 15 nitrogen and oxygen atoms in total. The minimum Gasteiger partial charge on any atom is -0.385 e. The van der Waals surface area contributed by atoms with Gasteiger partial charge >= 0.3 is 10.3 Å². The Bertz CT molecular complexity index is 971. The van der Waals surface area contributed by atoms with E-state index in [4.69, 9.17) is 21.8 Å². The molecule has 2 atom stereocenters. The standard InChI is InChI=1S/C11H13N7O8S2/c12-4(19)1-26-17-5(3-2-27-11(14)15-3)9(21)16-6-7(8(13)20)18(10(6)22)28(23,24)25/h2,6-7H,1H2,(H2,12,19)(H2,13,20)(H2,14,15)(H,16,21)(H,23,24,25)/b17-5-/t6-,7-/m0/s1. The van der Waals surface area contributed by atoms with Crippen LogP contribution in [0.15, 0.2) is 10.5 Å². The molecule has 4 amide bonds. The first-order valence-electron chi connectivity index (χ1n) is 7.04. The monoisotopic (exact) mass is 435 g/mol. The Labute approximate surface area is 160 Å². The fourth-order valence-electron chi connectivity index (χ4n) is 2.11. The molecule has 1 fully saturated rings. The number of rotatable bonds is 8. The van der Waals surface area contributed by atoms with E-state index in [0.29, 0.717) is 0 Å². The van der Waals surface area contributed by atoms with Crippen molar-refractivity contribution in [2.24, 2.45) is 16.6 Å². The second-order valence-corrected chi connectivity index (χ2v) is 7.34. The smallest absolute Gasteiger partial charge is 0.363 e. The molecule has 0 aliphatic carbocycles. The van der Waals surface area contributed by atoms with Crippen molar-refractivity contribution in [1.82, 2.24) is 14.6 Å². The number of thiazole rings is 1. The molecular formula is C11H13N7O8S2. The highest BCUT2D eigenvalue weighted by atomic mass is 32.2. The largest absolute Gasteiger partial charge is 0.385 e. The van der Waals surface area contributed by atoms with E-state index < -0.39 is 58.3 Å². The van der Waals surface area contributed by atoms with Crippen molar-refractivity contribution in [3.63, 3.8) is 0 Å². The molecule has 1 saturated heterocycles. The third-order valence-corrected chi connectivity index (χ3v) is 4.80. The van der Waals surface area contributed by atoms with E-state index in [1.165, 1.54) is 5.38 Å². The molecule has 8 N–H and O–H groups in total. The summed E-state index contributed by atoms with van der Waals surface area (Å²) in [6.45, 7) is -0.681. The molecule has 152 valence electrons. The van der Waals surface area contributed by atoms with Crippen LogP contribution in [0.25, 0.3) is 0 Å². The molecule has 1 aromatic rings. The molecule has 0 spiro atoms. The lowest BCUT2D eigenvalue weighted by Gasteiger charge is -2.41. The Balaban J connectivity index is 2.26. The van der Waals surface area contributed by atoms with Gasteiger partial charge < -0.3 is 27.4 Å². The van der Waals surface area contributed by atoms with Gasteiger partial charge in [-0.15, -0.1) is 11.3 Å². The average Bonchev–Trinajstić information content (AvgIpc) is 2.97. The second-order valence-electron chi connectivity index (χ2n) is 5.16. The van der Waals surface area contributed by atoms with E-state index in [9.17, 15) is 27.6 Å². The van der Waals surface area contributed by atoms with Gasteiger partial charge in [-0.3, -0.25) is 23.7 Å². The van der Waals surface area contributed by atoms with Gasteiger partial charge in [-0.05, 0) is 0 Å². The lowest BCUT2D eigenvalue weighted by Crippen LogP contribution is -2.75. The lowest BCUT2D eigenvalue weighted by molar-refractivity contribution is -0.150. The van der Waals surface area contributed by atoms with Crippen LogP contribution in [-0.4, -0.2) is 70.3 Å². The Kier molecular flexibility index (Phi) is 5.81. The summed E-state index contributed by atoms with van der Waals surface area (Å²) in [7, 11) is -5.07. The molecule has 0 unspecified atom stereocenters. The lowest BCUT2D eigenvalue weighted by atomic mass is 9.98. The summed E-state index contributed by atoms with van der Waals surface area (Å²) < 4.78 is 31.1. The molecule has 0 radical (unpaired) electrons. The highest BCUT2D eigenvalue weighted by Crippen LogP contribution is 2.23. The van der Waals surface area contributed by atoms with Gasteiger partial charge in [0, 0.05) is 5.38 Å². The summed E-state index contributed by atoms with van der Waals surface area (Å²) in [6, 6.07) is -3.57. The maximum Gasteiger partial charge on any atom is 0.363 e. The first-order valence-corrected chi connectivity index (χ1v) is 9.31. The Hall–Kier alpha value is -3.31. The Morgan fingerprint density at radius 2 is 2.04 bits per heavy atom. The minimum absolute atomic E-state index is 0.0534. The van der Waals surface area contributed by atoms with Crippen LogP contribution in [0.5, 0.6) is 0 Å². The molecule has 1 aliphatic heterocycles. The van der Waals surface area contributed by atoms with E-state index in [0.717, 1.165) is 11.3 Å². The Morgan fingerprint density at radius 1 is 1.39 bits per heavy atom. The maximum atomic E-state index is 12.5. The molecule has 0 bridgehead atoms. The van der Waals surface area contributed by atoms with Crippen LogP contribution < -0.4 is 22.5 Å². The number of carbonyl (C=O) groups is 4. The number of primary amides is 2. The number of anilines is 1. The van der Waals surface area contributed by atoms with Gasteiger partial charge in [0.05, 0.1) is 0 Å². The van der Waals surface area contributed by atoms with Gasteiger partial charge in [0.2, 0.25) is 5.91 Å². The van der Waals surface area contributed by atoms with E-state index in [1.54, 1.807) is 0 Å². The van der Waals surface area contributed by atoms with Crippen LogP contribution in [0.1, 0.15) is 5.69 Å². The van der Waals surface area contributed by atoms with E-state index >= 15 is 0 Å². The van der Waals surface area contributed by atoms with Crippen LogP contribution in [0, 0.1) is 0 Å². The number of nitrogens with two attached hydrogens (primary N) is 3. The van der Waals surface area contributed by atoms with Crippen LogP contribution in [0.2, 0.25) is 0 Å². The van der Waals surface area contributed by atoms with Gasteiger partial charge in [-0.1, -0.05) is 5.16 Å². The quantitative estimate of drug-likeness (QED) is 0.114. The third-order valence-electron chi connectivity index (χ3n) is 3.22. The SMILES string of the molecule is NC(=O)CO/N=C(\C(=O)N[C@@H]1C(=O)N(S(=O)(=O)O)[C@@H]1C(N)=O)c1csc(N)n1. The summed E-state index contributed by atoms with van der Waals surface area (Å²) in [5.41, 5.74) is 14.7. The molecule has 0 aromatic carbocycles. The molecule has 28 heavy (non-hydrogen) atoms. The second kappa shape index (κ2) is 7.74. The number of nitrogens with zero attached hydrogens (tertiary/aromatic N) is 3. The van der Waals surface area contributed by atoms with Gasteiger partial charge in [-0.2, -0.15) is 12.7 Å². The van der Waals surface area contributed by atoms with E-state index in [-0.39, 0.29) is 15.1 Å². The van der Waals surface area contributed by atoms with Crippen LogP contribution >= 0.6 is 11.3 Å². The van der Waals surface area contributed by atoms with Gasteiger partial charge in [0.1, 0.15) is 11.7 Å². The van der Waals surface area contributed by atoms with Crippen LogP contribution in [-0.2, 0) is 34.3 Å². The third kappa shape index (κ3) is 4.32. The maximum absolute atomic E-state index is 12.5. The highest BCUT2D eigenvalue weighted by Gasteiger charge is 2.57. The zero-order valence-electron chi connectivity index (χ0n) is 13.6. The molecule has 2 rings (SSSR count). The van der Waals surface area contributed by atoms with Crippen molar-refractivity contribution in [1.29, 1.82) is 0 Å². The molecule has 17 heteroatoms. The number of hydrogen-bond donors (Lipinski definition) is 5. The first-order chi connectivity index (χ1) is 12.9. The molecule has 1 aliphatic rings. The number of nitrogen functional groups attached to an aromatic ring is 1. The predicted molar refractivity (Wildman–Crippen MR) is 91.5 cm³/mol. The number of aromatic nitrogens is 1. The zero-order valence-corrected chi connectivity index (χ0v) is 15.3. The summed E-state index contributed by atoms with van der Waals surface area (Å²) in [5, 5.41) is 6.80. The van der Waals surface area contributed by atoms with E-state index in [1.807, 2.05) is 5.32 Å². The summed E-state index contributed by atoms with van der Waals surface area (Å²) in [6.07, 6.45) is 0. The van der Waals surface area contributed by atoms with Gasteiger partial charge in [0.25, 0.3) is 17.7 Å². The number of nitrogens with one attached hydrogen (secondary N) is 1. The average molecular weight is 435 g/mol. The van der Waals surface area contributed by atoms with Crippen molar-refractivity contribution in [3.05, 3.63) is 11.1 Å². The van der Waals surface area contributed by atoms with Gasteiger partial charge in [0.15, 0.2) is 23.5 Å². The molecule has 0 saturated carbocycles. The fraction of sp³-hybridized carbons (Fsp3) is 0.273.